The molecule has 9 heterocycles. The number of aldehydes is 1. The summed E-state index contributed by atoms with van der Waals surface area (Å²) in [6.07, 6.45) is 2.52. The normalized spacial score (nSPS) is 11.6. The number of halogens is 11. The number of aromatic nitrogens is 8. The van der Waals surface area contributed by atoms with E-state index in [0.717, 1.165) is 70.7 Å². The molecule has 0 spiro atoms. The molecule has 1 N–H and O–H groups in total. The van der Waals surface area contributed by atoms with Gasteiger partial charge in [-0.25, -0.2) is 39.4 Å². The van der Waals surface area contributed by atoms with Crippen LogP contribution in [0.2, 0.25) is 46.0 Å². The first-order chi connectivity index (χ1) is 42.9. The Hall–Kier alpha value is -5.46. The Balaban J connectivity index is 0.000000165. The zero-order valence-electron chi connectivity index (χ0n) is 48.9. The van der Waals surface area contributed by atoms with E-state index in [1.54, 1.807) is 27.7 Å². The molecule has 2 aliphatic rings. The summed E-state index contributed by atoms with van der Waals surface area (Å²) in [5.74, 6) is -0.473. The van der Waals surface area contributed by atoms with Gasteiger partial charge in [0.2, 0.25) is 0 Å². The summed E-state index contributed by atoms with van der Waals surface area (Å²) in [5.41, 5.74) is 14.2. The number of fused-ring (bicyclic) bond motifs is 3. The van der Waals surface area contributed by atoms with Crippen molar-refractivity contribution in [1.29, 1.82) is 0 Å². The van der Waals surface area contributed by atoms with E-state index in [1.165, 1.54) is 34.9 Å². The van der Waals surface area contributed by atoms with E-state index < -0.39 is 11.5 Å². The highest BCUT2D eigenvalue weighted by molar-refractivity contribution is 14.1. The summed E-state index contributed by atoms with van der Waals surface area (Å²) >= 11 is 56.6. The van der Waals surface area contributed by atoms with E-state index in [9.17, 15) is 9.59 Å². The van der Waals surface area contributed by atoms with Crippen LogP contribution in [0.4, 0.5) is 0 Å². The molecule has 464 valence electrons. The molecule has 12 rings (SSSR count). The molecule has 0 bridgehead atoms. The second kappa shape index (κ2) is 33.4. The Labute approximate surface area is 593 Å². The number of hydrogen-bond acceptors (Lipinski definition) is 13. The first kappa shape index (κ1) is 72.0. The highest BCUT2D eigenvalue weighted by Gasteiger charge is 2.41. The van der Waals surface area contributed by atoms with Crippen molar-refractivity contribution in [3.05, 3.63) is 267 Å². The highest BCUT2D eigenvalue weighted by atomic mass is 127. The van der Waals surface area contributed by atoms with Gasteiger partial charge in [0.15, 0.2) is 6.29 Å². The minimum Gasteiger partial charge on any atom is -0.462 e. The molecular weight excluding hydrogens is 1560 g/mol. The summed E-state index contributed by atoms with van der Waals surface area (Å²) in [4.78, 5) is 54.7. The van der Waals surface area contributed by atoms with Gasteiger partial charge in [-0.15, -0.1) is 0 Å². The van der Waals surface area contributed by atoms with Crippen LogP contribution in [0.25, 0.3) is 10.9 Å². The van der Waals surface area contributed by atoms with Gasteiger partial charge in [0.25, 0.3) is 0 Å². The first-order valence-electron chi connectivity index (χ1n) is 27.0. The quantitative estimate of drug-likeness (QED) is 0.0502. The van der Waals surface area contributed by atoms with Crippen molar-refractivity contribution in [1.82, 2.24) is 39.7 Å². The van der Waals surface area contributed by atoms with Crippen LogP contribution in [-0.4, -0.2) is 73.6 Å². The molecule has 90 heavy (non-hydrogen) atoms. The molecule has 0 unspecified atom stereocenters. The van der Waals surface area contributed by atoms with E-state index in [4.69, 9.17) is 119 Å². The Morgan fingerprint density at radius 2 is 1.04 bits per heavy atom. The molecule has 10 aromatic rings. The lowest BCUT2D eigenvalue weighted by molar-refractivity contribution is 0.0525. The number of ether oxygens (including phenoxy) is 1. The van der Waals surface area contributed by atoms with Crippen molar-refractivity contribution in [2.75, 3.05) is 6.61 Å². The van der Waals surface area contributed by atoms with E-state index in [-0.39, 0.29) is 22.3 Å². The minimum absolute atomic E-state index is 0.102. The van der Waals surface area contributed by atoms with Crippen molar-refractivity contribution >= 4 is 183 Å². The molecule has 25 heteroatoms. The van der Waals surface area contributed by atoms with Crippen molar-refractivity contribution in [2.24, 2.45) is 9.98 Å². The maximum Gasteiger partial charge on any atom is 0.341 e. The van der Waals surface area contributed by atoms with Crippen LogP contribution in [-0.2, 0) is 30.0 Å². The van der Waals surface area contributed by atoms with Gasteiger partial charge in [-0.05, 0) is 152 Å². The number of nitrogens with zero attached hydrogens (tertiary/aromatic N) is 10. The molecule has 0 fully saturated rings. The third-order valence-corrected chi connectivity index (χ3v) is 17.3. The molecular formula is C65H53Cl9I2N10O4. The lowest BCUT2D eigenvalue weighted by atomic mass is 9.77. The fourth-order valence-electron chi connectivity index (χ4n) is 9.59. The zero-order valence-corrected chi connectivity index (χ0v) is 60.0. The maximum atomic E-state index is 11.4. The maximum absolute atomic E-state index is 11.4. The number of carbonyl (C=O) groups excluding carboxylic acids is 2. The Morgan fingerprint density at radius 3 is 1.56 bits per heavy atom. The number of aliphatic hydroxyl groups excluding tert-OH is 1. The number of pyridine rings is 6. The van der Waals surface area contributed by atoms with Gasteiger partial charge in [0.05, 0.1) is 80.5 Å². The third kappa shape index (κ3) is 17.6. The summed E-state index contributed by atoms with van der Waals surface area (Å²) in [7, 11) is 0. The van der Waals surface area contributed by atoms with Gasteiger partial charge < -0.3 is 9.84 Å². The predicted molar refractivity (Wildman–Crippen MR) is 382 cm³/mol. The second-order valence-electron chi connectivity index (χ2n) is 19.5. The van der Waals surface area contributed by atoms with Crippen LogP contribution in [0.15, 0.2) is 137 Å². The summed E-state index contributed by atoms with van der Waals surface area (Å²) in [6.45, 7) is 14.4. The molecule has 3 aromatic carbocycles. The van der Waals surface area contributed by atoms with Gasteiger partial charge in [-0.3, -0.25) is 14.8 Å². The molecule has 0 amide bonds. The first-order valence-corrected chi connectivity index (χ1v) is 32.6. The van der Waals surface area contributed by atoms with E-state index in [0.29, 0.717) is 76.9 Å². The van der Waals surface area contributed by atoms with Crippen LogP contribution in [0.5, 0.6) is 0 Å². The number of esters is 1. The van der Waals surface area contributed by atoms with Crippen LogP contribution in [0.3, 0.4) is 0 Å². The van der Waals surface area contributed by atoms with Crippen LogP contribution in [0.1, 0.15) is 106 Å². The van der Waals surface area contributed by atoms with E-state index >= 15 is 0 Å². The smallest absolute Gasteiger partial charge is 0.341 e. The molecule has 0 saturated heterocycles. The largest absolute Gasteiger partial charge is 0.462 e. The fraction of sp³-hybridized carbons (Fsp3) is 0.185. The number of aliphatic hydroxyl groups is 1. The van der Waals surface area contributed by atoms with Gasteiger partial charge in [0, 0.05) is 46.1 Å². The molecule has 14 nitrogen and oxygen atoms in total. The van der Waals surface area contributed by atoms with Crippen LogP contribution in [0, 0.1) is 45.2 Å². The molecule has 0 atom stereocenters. The van der Waals surface area contributed by atoms with Crippen LogP contribution < -0.4 is 0 Å². The van der Waals surface area contributed by atoms with Gasteiger partial charge in [-0.2, -0.15) is 5.10 Å². The number of carbonyl (C=O) groups is 2. The van der Waals surface area contributed by atoms with E-state index in [2.05, 4.69) is 163 Å². The third-order valence-electron chi connectivity index (χ3n) is 13.6. The zero-order chi connectivity index (χ0) is 65.6. The molecule has 0 aliphatic carbocycles. The average Bonchev–Trinajstić information content (AvgIpc) is 1.45. The Morgan fingerprint density at radius 1 is 0.578 bits per heavy atom. The van der Waals surface area contributed by atoms with Gasteiger partial charge >= 0.3 is 5.97 Å². The summed E-state index contributed by atoms with van der Waals surface area (Å²) in [5, 5.41) is 18.5. The number of aryl methyl sites for hydroxylation is 6. The van der Waals surface area contributed by atoms with Crippen molar-refractivity contribution in [2.45, 2.75) is 73.7 Å². The number of hydrogen-bond donors (Lipinski definition) is 1. The lowest BCUT2D eigenvalue weighted by Crippen LogP contribution is -2.38. The van der Waals surface area contributed by atoms with E-state index in [1.807, 2.05) is 63.4 Å². The SMILES string of the molecule is CCOC(=O)c1c(Cl)cc(Cl)nc1C.Cc1nc(Cl)cc(Cl)c1C=O.Cc1nc(Cl)cc(Cl)c1CO.Cc1nc(Cl)cc2c1C(I)=NC2.Cc1nc(Cl)cc2c1C=NC2.Cc1nc(Cl)cc2c1c(I)nn2C(c1ccccc1)(c1ccccc1)c1ccccc1. The lowest BCUT2D eigenvalue weighted by Gasteiger charge is -2.37. The van der Waals surface area contributed by atoms with Gasteiger partial charge in [-0.1, -0.05) is 195 Å². The number of rotatable bonds is 8. The van der Waals surface area contributed by atoms with Crippen LogP contribution >= 0.6 is 150 Å². The highest BCUT2D eigenvalue weighted by Crippen LogP contribution is 2.43. The average molecular weight is 1610 g/mol. The second-order valence-corrected chi connectivity index (χ2v) is 25.1. The topological polar surface area (TPSA) is 183 Å². The van der Waals surface area contributed by atoms with Crippen molar-refractivity contribution < 1.29 is 19.4 Å². The molecule has 7 aromatic heterocycles. The molecule has 0 saturated carbocycles. The molecule has 0 radical (unpaired) electrons. The number of aliphatic imine (C=N–C) groups is 2. The summed E-state index contributed by atoms with van der Waals surface area (Å²) in [6, 6.07) is 41.6. The van der Waals surface area contributed by atoms with Crippen molar-refractivity contribution in [3.8, 4) is 0 Å². The minimum atomic E-state index is -0.678. The predicted octanol–water partition coefficient (Wildman–Crippen LogP) is 19.1. The Kier molecular flexibility index (Phi) is 26.7. The fourth-order valence-corrected chi connectivity index (χ4v) is 13.9. The van der Waals surface area contributed by atoms with Gasteiger partial charge in [0.1, 0.15) is 43.9 Å². The van der Waals surface area contributed by atoms with Crippen molar-refractivity contribution in [3.63, 3.8) is 0 Å². The monoisotopic (exact) mass is 1610 g/mol. The number of benzene rings is 3. The Bertz CT molecular complexity index is 4120. The summed E-state index contributed by atoms with van der Waals surface area (Å²) < 4.78 is 8.89. The molecule has 2 aliphatic heterocycles. The standard InChI is InChI=1S/C26H19ClIN3.C9H9Cl2NO2.C8H6ClIN2.C8H7ClN2.C7H7Cl2NO.C7H5Cl2NO/c1-18-24-22(17-23(27)29-18)31(30-25(24)28)26(19-11-5-2-6-12-19,20-13-7-3-8-14-20)21-15-9-4-10-16-21;1-3-14-9(13)8-5(2)12-7(11)4-6(8)10;1-4-7-5(2-6(9)12-4)3-11-8(7)10;1-5-7-4-10-3-6(7)2-8(9)11-5;2*1-4-5(3-11)6(8)2-7(9)10-4/h2-17H,1H3;4H,3H2,1-2H3;2H,3H2,1H3;2,4H,3H2,1H3;2,11H,3H2,1H3;2-3H,1H3.